The first-order chi connectivity index (χ1) is 27.2. The van der Waals surface area contributed by atoms with Gasteiger partial charge in [0.15, 0.2) is 0 Å². The molecule has 0 bridgehead atoms. The Morgan fingerprint density at radius 3 is 1.56 bits per heavy atom. The molecule has 0 aliphatic heterocycles. The van der Waals surface area contributed by atoms with Gasteiger partial charge in [-0.15, -0.1) is 0 Å². The van der Waals surface area contributed by atoms with E-state index in [-0.39, 0.29) is 0 Å². The molecule has 8 aromatic rings. The van der Waals surface area contributed by atoms with E-state index in [0.717, 1.165) is 85.2 Å². The van der Waals surface area contributed by atoms with E-state index in [4.69, 9.17) is 9.97 Å². The Hall–Kier alpha value is -7.04. The van der Waals surface area contributed by atoms with Gasteiger partial charge in [0, 0.05) is 50.8 Å². The minimum absolute atomic E-state index is 0.851. The van der Waals surface area contributed by atoms with Crippen LogP contribution < -0.4 is 9.80 Å². The summed E-state index contributed by atoms with van der Waals surface area (Å²) in [5.74, 6) is 0. The van der Waals surface area contributed by atoms with Gasteiger partial charge in [0.25, 0.3) is 0 Å². The largest absolute Gasteiger partial charge is 0.315 e. The second-order valence-corrected chi connectivity index (χ2v) is 13.4. The lowest BCUT2D eigenvalue weighted by Gasteiger charge is -2.28. The first-order valence-corrected chi connectivity index (χ1v) is 18.8. The molecular formula is C51H42N4. The minimum Gasteiger partial charge on any atom is -0.315 e. The number of hydrogen-bond acceptors (Lipinski definition) is 4. The minimum atomic E-state index is 0.851. The molecule has 7 aromatic carbocycles. The van der Waals surface area contributed by atoms with Crippen LogP contribution in [0.2, 0.25) is 0 Å². The van der Waals surface area contributed by atoms with E-state index in [1.165, 1.54) is 0 Å². The van der Waals surface area contributed by atoms with Gasteiger partial charge in [0.05, 0.1) is 22.4 Å². The molecule has 0 amide bonds. The number of aromatic nitrogens is 2. The molecule has 1 heterocycles. The molecule has 0 spiro atoms. The molecule has 55 heavy (non-hydrogen) atoms. The zero-order valence-corrected chi connectivity index (χ0v) is 31.1. The Labute approximate surface area is 324 Å². The van der Waals surface area contributed by atoms with Crippen molar-refractivity contribution in [2.45, 2.75) is 20.3 Å². The number of nitrogens with zero attached hydrogens (tertiary/aromatic N) is 4. The highest BCUT2D eigenvalue weighted by Crippen LogP contribution is 2.40. The lowest BCUT2D eigenvalue weighted by Crippen LogP contribution is -2.15. The first-order valence-electron chi connectivity index (χ1n) is 18.8. The van der Waals surface area contributed by atoms with Gasteiger partial charge in [-0.25, -0.2) is 9.97 Å². The molecule has 0 saturated heterocycles. The Kier molecular flexibility index (Phi) is 10.4. The smallest absolute Gasteiger partial charge is 0.0973 e. The van der Waals surface area contributed by atoms with E-state index in [1.807, 2.05) is 12.1 Å². The maximum Gasteiger partial charge on any atom is 0.0973 e. The number of rotatable bonds is 11. The lowest BCUT2D eigenvalue weighted by molar-refractivity contribution is 1.15. The van der Waals surface area contributed by atoms with Crippen LogP contribution in [0.4, 0.5) is 28.4 Å². The second-order valence-electron chi connectivity index (χ2n) is 13.4. The maximum absolute atomic E-state index is 5.34. The summed E-state index contributed by atoms with van der Waals surface area (Å²) < 4.78 is 0. The fraction of sp³-hybridized carbons (Fsp3) is 0.0588. The molecule has 0 aliphatic rings. The van der Waals surface area contributed by atoms with Crippen LogP contribution in [0.3, 0.4) is 0 Å². The summed E-state index contributed by atoms with van der Waals surface area (Å²) in [4.78, 5) is 15.2. The zero-order chi connectivity index (χ0) is 37.4. The molecule has 0 saturated carbocycles. The lowest BCUT2D eigenvalue weighted by atomic mass is 10.0. The molecule has 4 heteroatoms. The molecule has 0 fully saturated rings. The standard InChI is InChI=1S/C51H42N4/c1-3-4-9-19-38(2)54(42-24-14-7-15-25-42)44-34-36-46(37-35-44)55(43-26-16-8-17-27-43)45-32-30-41(31-33-45)49-50(40-22-12-6-13-23-40)53-51-47(28-18-29-48(51)52-49)39-20-10-5-11-21-39/h4-37H,3H2,1-2H3/b9-4-,38-19+. The van der Waals surface area contributed by atoms with Gasteiger partial charge in [-0.3, -0.25) is 0 Å². The van der Waals surface area contributed by atoms with Crippen LogP contribution in [-0.4, -0.2) is 9.97 Å². The van der Waals surface area contributed by atoms with Gasteiger partial charge in [-0.2, -0.15) is 0 Å². The normalized spacial score (nSPS) is 11.6. The summed E-state index contributed by atoms with van der Waals surface area (Å²) in [5, 5.41) is 0. The van der Waals surface area contributed by atoms with Crippen LogP contribution in [0.1, 0.15) is 20.3 Å². The predicted molar refractivity (Wildman–Crippen MR) is 232 cm³/mol. The van der Waals surface area contributed by atoms with E-state index in [1.54, 1.807) is 0 Å². The molecule has 1 aromatic heterocycles. The number of anilines is 5. The van der Waals surface area contributed by atoms with Crippen molar-refractivity contribution >= 4 is 39.5 Å². The molecular weight excluding hydrogens is 669 g/mol. The number of para-hydroxylation sites is 3. The first kappa shape index (κ1) is 35.0. The van der Waals surface area contributed by atoms with Crippen LogP contribution in [0.5, 0.6) is 0 Å². The molecule has 4 nitrogen and oxygen atoms in total. The molecule has 266 valence electrons. The van der Waals surface area contributed by atoms with E-state index >= 15 is 0 Å². The Morgan fingerprint density at radius 2 is 0.945 bits per heavy atom. The Bertz CT molecular complexity index is 2550. The van der Waals surface area contributed by atoms with Crippen molar-refractivity contribution in [3.63, 3.8) is 0 Å². The average Bonchev–Trinajstić information content (AvgIpc) is 3.25. The Balaban J connectivity index is 1.19. The van der Waals surface area contributed by atoms with Gasteiger partial charge >= 0.3 is 0 Å². The van der Waals surface area contributed by atoms with Crippen molar-refractivity contribution in [1.29, 1.82) is 0 Å². The van der Waals surface area contributed by atoms with Crippen LogP contribution in [0, 0.1) is 0 Å². The molecule has 0 aliphatic carbocycles. The van der Waals surface area contributed by atoms with Crippen LogP contribution in [-0.2, 0) is 0 Å². The van der Waals surface area contributed by atoms with Gasteiger partial charge in [0.2, 0.25) is 0 Å². The highest BCUT2D eigenvalue weighted by molar-refractivity contribution is 5.95. The topological polar surface area (TPSA) is 32.3 Å². The van der Waals surface area contributed by atoms with Crippen molar-refractivity contribution < 1.29 is 0 Å². The maximum atomic E-state index is 5.34. The van der Waals surface area contributed by atoms with Crippen molar-refractivity contribution in [3.05, 3.63) is 212 Å². The predicted octanol–water partition coefficient (Wildman–Crippen LogP) is 14.1. The highest BCUT2D eigenvalue weighted by Gasteiger charge is 2.18. The van der Waals surface area contributed by atoms with Gasteiger partial charge in [-0.05, 0) is 91.7 Å². The van der Waals surface area contributed by atoms with E-state index in [2.05, 4.69) is 218 Å². The zero-order valence-electron chi connectivity index (χ0n) is 31.1. The van der Waals surface area contributed by atoms with Gasteiger partial charge < -0.3 is 9.80 Å². The molecule has 0 unspecified atom stereocenters. The summed E-state index contributed by atoms with van der Waals surface area (Å²) in [6, 6.07) is 65.6. The summed E-state index contributed by atoms with van der Waals surface area (Å²) in [5.41, 5.74) is 14.2. The molecule has 0 radical (unpaired) electrons. The SMILES string of the molecule is CC/C=C\C=C(/C)N(c1ccccc1)c1ccc(N(c2ccccc2)c2ccc(-c3nc4cccc(-c5ccccc5)c4nc3-c3ccccc3)cc2)cc1. The molecule has 8 rings (SSSR count). The van der Waals surface area contributed by atoms with Crippen LogP contribution in [0.15, 0.2) is 212 Å². The molecule has 0 N–H and O–H groups in total. The fourth-order valence-corrected chi connectivity index (χ4v) is 7.02. The second kappa shape index (κ2) is 16.3. The third-order valence-corrected chi connectivity index (χ3v) is 9.68. The number of hydrogen-bond donors (Lipinski definition) is 0. The van der Waals surface area contributed by atoms with Crippen molar-refractivity contribution in [1.82, 2.24) is 9.97 Å². The van der Waals surface area contributed by atoms with E-state index < -0.39 is 0 Å². The summed E-state index contributed by atoms with van der Waals surface area (Å²) in [6.07, 6.45) is 7.48. The Morgan fingerprint density at radius 1 is 0.473 bits per heavy atom. The highest BCUT2D eigenvalue weighted by atomic mass is 15.2. The summed E-state index contributed by atoms with van der Waals surface area (Å²) in [6.45, 7) is 4.31. The van der Waals surface area contributed by atoms with Crippen LogP contribution in [0.25, 0.3) is 44.7 Å². The quantitative estimate of drug-likeness (QED) is 0.125. The summed E-state index contributed by atoms with van der Waals surface area (Å²) >= 11 is 0. The van der Waals surface area contributed by atoms with Crippen molar-refractivity contribution in [2.75, 3.05) is 9.80 Å². The average molecular weight is 711 g/mol. The molecule has 0 atom stereocenters. The third kappa shape index (κ3) is 7.57. The van der Waals surface area contributed by atoms with Crippen molar-refractivity contribution in [2.24, 2.45) is 0 Å². The summed E-state index contributed by atoms with van der Waals surface area (Å²) in [7, 11) is 0. The van der Waals surface area contributed by atoms with Crippen LogP contribution >= 0.6 is 0 Å². The van der Waals surface area contributed by atoms with Gasteiger partial charge in [0.1, 0.15) is 0 Å². The van der Waals surface area contributed by atoms with E-state index in [0.29, 0.717) is 0 Å². The fourth-order valence-electron chi connectivity index (χ4n) is 7.02. The monoisotopic (exact) mass is 710 g/mol. The third-order valence-electron chi connectivity index (χ3n) is 9.68. The van der Waals surface area contributed by atoms with Gasteiger partial charge in [-0.1, -0.05) is 140 Å². The number of benzene rings is 7. The van der Waals surface area contributed by atoms with Crippen molar-refractivity contribution in [3.8, 4) is 33.6 Å². The number of fused-ring (bicyclic) bond motifs is 1. The number of allylic oxidation sites excluding steroid dienone is 4. The van der Waals surface area contributed by atoms with E-state index in [9.17, 15) is 0 Å².